The van der Waals surface area contributed by atoms with Crippen LogP contribution in [-0.4, -0.2) is 6.61 Å². The molecule has 0 aromatic heterocycles. The lowest BCUT2D eigenvalue weighted by Gasteiger charge is -2.16. The molecule has 3 aromatic carbocycles. The molecule has 3 nitrogen and oxygen atoms in total. The van der Waals surface area contributed by atoms with E-state index >= 15 is 0 Å². The van der Waals surface area contributed by atoms with E-state index in [1.807, 2.05) is 49.4 Å². The van der Waals surface area contributed by atoms with Crippen LogP contribution in [0.25, 0.3) is 0 Å². The number of nitrogens with one attached hydrogen (secondary N) is 1. The molecule has 0 fully saturated rings. The number of ether oxygens (including phenoxy) is 2. The molecule has 1 N–H and O–H groups in total. The molecule has 0 spiro atoms. The van der Waals surface area contributed by atoms with E-state index in [-0.39, 0.29) is 5.82 Å². The first-order valence-corrected chi connectivity index (χ1v) is 9.56. The van der Waals surface area contributed by atoms with E-state index in [2.05, 4.69) is 21.2 Å². The molecule has 0 saturated carbocycles. The number of benzene rings is 3. The Hall–Kier alpha value is -2.53. The zero-order chi connectivity index (χ0) is 19.1. The minimum Gasteiger partial charge on any atom is -0.490 e. The van der Waals surface area contributed by atoms with Crippen molar-refractivity contribution >= 4 is 21.6 Å². The van der Waals surface area contributed by atoms with Gasteiger partial charge in [0, 0.05) is 16.7 Å². The Morgan fingerprint density at radius 3 is 2.33 bits per heavy atom. The number of halogens is 2. The summed E-state index contributed by atoms with van der Waals surface area (Å²) >= 11 is 3.61. The third-order valence-corrected chi connectivity index (χ3v) is 4.72. The molecule has 0 aliphatic heterocycles. The van der Waals surface area contributed by atoms with Crippen LogP contribution in [0.2, 0.25) is 0 Å². The number of anilines is 1. The predicted molar refractivity (Wildman–Crippen MR) is 110 cm³/mol. The van der Waals surface area contributed by atoms with Gasteiger partial charge in [0.1, 0.15) is 12.4 Å². The lowest BCUT2D eigenvalue weighted by molar-refractivity contribution is 0.269. The van der Waals surface area contributed by atoms with E-state index in [0.29, 0.717) is 31.3 Å². The van der Waals surface area contributed by atoms with Crippen LogP contribution < -0.4 is 14.8 Å². The number of hydrogen-bond acceptors (Lipinski definition) is 3. The van der Waals surface area contributed by atoms with Crippen molar-refractivity contribution in [2.24, 2.45) is 0 Å². The maximum atomic E-state index is 13.0. The highest BCUT2D eigenvalue weighted by molar-refractivity contribution is 9.10. The normalized spacial score (nSPS) is 10.5. The maximum Gasteiger partial charge on any atom is 0.162 e. The van der Waals surface area contributed by atoms with E-state index in [9.17, 15) is 4.39 Å². The van der Waals surface area contributed by atoms with Crippen molar-refractivity contribution < 1.29 is 13.9 Å². The first kappa shape index (κ1) is 19.2. The van der Waals surface area contributed by atoms with Gasteiger partial charge in [-0.05, 0) is 54.4 Å². The molecule has 5 heteroatoms. The molecule has 3 rings (SSSR count). The van der Waals surface area contributed by atoms with Crippen LogP contribution in [0.4, 0.5) is 10.1 Å². The summed E-state index contributed by atoms with van der Waals surface area (Å²) in [5.74, 6) is 1.14. The molecule has 0 bridgehead atoms. The summed E-state index contributed by atoms with van der Waals surface area (Å²) in [6.07, 6.45) is 0. The van der Waals surface area contributed by atoms with E-state index in [4.69, 9.17) is 9.47 Å². The van der Waals surface area contributed by atoms with Gasteiger partial charge in [0.25, 0.3) is 0 Å². The topological polar surface area (TPSA) is 30.5 Å². The average molecular weight is 430 g/mol. The zero-order valence-electron chi connectivity index (χ0n) is 15.0. The van der Waals surface area contributed by atoms with E-state index in [0.717, 1.165) is 21.3 Å². The summed E-state index contributed by atoms with van der Waals surface area (Å²) in [5, 5.41) is 3.28. The fourth-order valence-corrected chi connectivity index (χ4v) is 3.06. The summed E-state index contributed by atoms with van der Waals surface area (Å²) in [5.41, 5.74) is 2.97. The van der Waals surface area contributed by atoms with Gasteiger partial charge in [0.15, 0.2) is 11.5 Å². The molecule has 0 unspecified atom stereocenters. The molecular formula is C22H21BrFNO2. The van der Waals surface area contributed by atoms with Gasteiger partial charge in [-0.3, -0.25) is 0 Å². The Kier molecular flexibility index (Phi) is 6.71. The standard InChI is InChI=1S/C22H21BrFNO2/c1-2-26-21-12-17(14-25-19-10-8-18(24)9-11-19)20(23)13-22(21)27-15-16-6-4-3-5-7-16/h3-13,25H,2,14-15H2,1H3. The smallest absolute Gasteiger partial charge is 0.162 e. The second-order valence-electron chi connectivity index (χ2n) is 5.96. The molecule has 0 radical (unpaired) electrons. The molecule has 0 aliphatic carbocycles. The van der Waals surface area contributed by atoms with Crippen LogP contribution in [0, 0.1) is 5.82 Å². The Balaban J connectivity index is 1.73. The molecule has 3 aromatic rings. The molecule has 140 valence electrons. The van der Waals surface area contributed by atoms with E-state index in [1.54, 1.807) is 12.1 Å². The van der Waals surface area contributed by atoms with Gasteiger partial charge >= 0.3 is 0 Å². The van der Waals surface area contributed by atoms with Gasteiger partial charge in [-0.2, -0.15) is 0 Å². The fourth-order valence-electron chi connectivity index (χ4n) is 2.59. The highest BCUT2D eigenvalue weighted by Crippen LogP contribution is 2.34. The summed E-state index contributed by atoms with van der Waals surface area (Å²) < 4.78 is 25.7. The molecule has 0 amide bonds. The highest BCUT2D eigenvalue weighted by atomic mass is 79.9. The van der Waals surface area contributed by atoms with Crippen molar-refractivity contribution in [3.63, 3.8) is 0 Å². The van der Waals surface area contributed by atoms with Crippen molar-refractivity contribution in [1.82, 2.24) is 0 Å². The highest BCUT2D eigenvalue weighted by Gasteiger charge is 2.11. The Morgan fingerprint density at radius 2 is 1.63 bits per heavy atom. The minimum absolute atomic E-state index is 0.250. The van der Waals surface area contributed by atoms with Crippen LogP contribution in [-0.2, 0) is 13.2 Å². The lowest BCUT2D eigenvalue weighted by Crippen LogP contribution is -2.04. The van der Waals surface area contributed by atoms with Gasteiger partial charge < -0.3 is 14.8 Å². The second-order valence-corrected chi connectivity index (χ2v) is 6.81. The maximum absolute atomic E-state index is 13.0. The van der Waals surface area contributed by atoms with Gasteiger partial charge in [0.2, 0.25) is 0 Å². The van der Waals surface area contributed by atoms with Crippen molar-refractivity contribution in [2.75, 3.05) is 11.9 Å². The monoisotopic (exact) mass is 429 g/mol. The number of rotatable bonds is 8. The Labute approximate surface area is 167 Å². The van der Waals surface area contributed by atoms with E-state index in [1.165, 1.54) is 12.1 Å². The van der Waals surface area contributed by atoms with Crippen LogP contribution >= 0.6 is 15.9 Å². The predicted octanol–water partition coefficient (Wildman–Crippen LogP) is 6.18. The first-order valence-electron chi connectivity index (χ1n) is 8.77. The van der Waals surface area contributed by atoms with Gasteiger partial charge in [-0.25, -0.2) is 4.39 Å². The van der Waals surface area contributed by atoms with Crippen molar-refractivity contribution in [2.45, 2.75) is 20.1 Å². The van der Waals surface area contributed by atoms with Crippen LogP contribution in [0.3, 0.4) is 0 Å². The summed E-state index contributed by atoms with van der Waals surface area (Å²) in [6, 6.07) is 20.2. The molecule has 0 saturated heterocycles. The summed E-state index contributed by atoms with van der Waals surface area (Å²) in [6.45, 7) is 3.54. The third kappa shape index (κ3) is 5.47. The minimum atomic E-state index is -0.250. The largest absolute Gasteiger partial charge is 0.490 e. The summed E-state index contributed by atoms with van der Waals surface area (Å²) in [4.78, 5) is 0. The van der Waals surface area contributed by atoms with Crippen LogP contribution in [0.5, 0.6) is 11.5 Å². The first-order chi connectivity index (χ1) is 13.2. The quantitative estimate of drug-likeness (QED) is 0.463. The second kappa shape index (κ2) is 9.42. The molecule has 0 heterocycles. The van der Waals surface area contributed by atoms with Gasteiger partial charge in [-0.15, -0.1) is 0 Å². The van der Waals surface area contributed by atoms with Gasteiger partial charge in [0.05, 0.1) is 6.61 Å². The molecule has 0 aliphatic rings. The van der Waals surface area contributed by atoms with Crippen molar-refractivity contribution in [3.8, 4) is 11.5 Å². The Bertz CT molecular complexity index is 869. The fraction of sp³-hybridized carbons (Fsp3) is 0.182. The zero-order valence-corrected chi connectivity index (χ0v) is 16.6. The van der Waals surface area contributed by atoms with Crippen molar-refractivity contribution in [1.29, 1.82) is 0 Å². The lowest BCUT2D eigenvalue weighted by atomic mass is 10.2. The van der Waals surface area contributed by atoms with Gasteiger partial charge in [-0.1, -0.05) is 46.3 Å². The molecule has 0 atom stereocenters. The average Bonchev–Trinajstić information content (AvgIpc) is 2.69. The Morgan fingerprint density at radius 1 is 0.926 bits per heavy atom. The van der Waals surface area contributed by atoms with Crippen LogP contribution in [0.1, 0.15) is 18.1 Å². The van der Waals surface area contributed by atoms with Crippen LogP contribution in [0.15, 0.2) is 71.2 Å². The van der Waals surface area contributed by atoms with E-state index < -0.39 is 0 Å². The third-order valence-electron chi connectivity index (χ3n) is 3.98. The SMILES string of the molecule is CCOc1cc(CNc2ccc(F)cc2)c(Br)cc1OCc1ccccc1. The summed E-state index contributed by atoms with van der Waals surface area (Å²) in [7, 11) is 0. The molecule has 27 heavy (non-hydrogen) atoms. The van der Waals surface area contributed by atoms with Crippen molar-refractivity contribution in [3.05, 3.63) is 88.1 Å². The number of hydrogen-bond donors (Lipinski definition) is 1. The molecular weight excluding hydrogens is 409 g/mol.